The highest BCUT2D eigenvalue weighted by molar-refractivity contribution is 5.84. The van der Waals surface area contributed by atoms with Gasteiger partial charge in [-0.3, -0.25) is 4.79 Å². The Morgan fingerprint density at radius 1 is 1.45 bits per heavy atom. The lowest BCUT2D eigenvalue weighted by molar-refractivity contribution is -0.145. The van der Waals surface area contributed by atoms with Crippen molar-refractivity contribution < 1.29 is 24.2 Å². The van der Waals surface area contributed by atoms with Crippen LogP contribution in [0.1, 0.15) is 32.6 Å². The number of carboxylic acid groups (broad SMARTS) is 1. The molecule has 0 radical (unpaired) electrons. The first kappa shape index (κ1) is 16.3. The largest absolute Gasteiger partial charge is 0.481 e. The zero-order valence-corrected chi connectivity index (χ0v) is 11.9. The van der Waals surface area contributed by atoms with Crippen molar-refractivity contribution in [3.05, 3.63) is 0 Å². The molecule has 2 atom stereocenters. The van der Waals surface area contributed by atoms with E-state index in [-0.39, 0.29) is 18.4 Å². The van der Waals surface area contributed by atoms with Crippen molar-refractivity contribution in [2.24, 2.45) is 5.92 Å². The van der Waals surface area contributed by atoms with E-state index in [1.807, 2.05) is 6.92 Å². The number of carbonyl (C=O) groups is 3. The average molecular weight is 286 g/mol. The van der Waals surface area contributed by atoms with Crippen molar-refractivity contribution in [1.82, 2.24) is 10.2 Å². The summed E-state index contributed by atoms with van der Waals surface area (Å²) in [7, 11) is 1.30. The van der Waals surface area contributed by atoms with Gasteiger partial charge in [0.1, 0.15) is 6.04 Å². The molecule has 1 aliphatic rings. The molecule has 0 bridgehead atoms. The van der Waals surface area contributed by atoms with Crippen LogP contribution in [0.5, 0.6) is 0 Å². The Kier molecular flexibility index (Phi) is 6.27. The number of likely N-dealkylation sites (tertiary alicyclic amines) is 1. The second-order valence-electron chi connectivity index (χ2n) is 4.93. The van der Waals surface area contributed by atoms with Gasteiger partial charge in [-0.05, 0) is 18.8 Å². The quantitative estimate of drug-likeness (QED) is 0.705. The lowest BCUT2D eigenvalue weighted by Gasteiger charge is -2.24. The number of ether oxygens (including phenoxy) is 1. The topological polar surface area (TPSA) is 95.9 Å². The fourth-order valence-electron chi connectivity index (χ4n) is 2.33. The molecule has 0 spiro atoms. The van der Waals surface area contributed by atoms with Crippen LogP contribution in [0.15, 0.2) is 0 Å². The van der Waals surface area contributed by atoms with Crippen molar-refractivity contribution in [2.45, 2.75) is 38.6 Å². The number of amides is 2. The number of urea groups is 1. The van der Waals surface area contributed by atoms with Gasteiger partial charge in [-0.25, -0.2) is 9.59 Å². The van der Waals surface area contributed by atoms with E-state index in [0.29, 0.717) is 25.9 Å². The normalized spacial score (nSPS) is 19.5. The second kappa shape index (κ2) is 7.72. The molecule has 1 saturated heterocycles. The van der Waals surface area contributed by atoms with Gasteiger partial charge in [0.2, 0.25) is 0 Å². The van der Waals surface area contributed by atoms with Crippen molar-refractivity contribution in [3.8, 4) is 0 Å². The van der Waals surface area contributed by atoms with Crippen molar-refractivity contribution >= 4 is 18.0 Å². The predicted octanol–water partition coefficient (Wildman–Crippen LogP) is 0.834. The van der Waals surface area contributed by atoms with E-state index < -0.39 is 18.0 Å². The predicted molar refractivity (Wildman–Crippen MR) is 71.2 cm³/mol. The number of carbonyl (C=O) groups excluding carboxylic acids is 2. The van der Waals surface area contributed by atoms with Crippen LogP contribution in [0, 0.1) is 5.92 Å². The molecule has 0 aromatic rings. The summed E-state index contributed by atoms with van der Waals surface area (Å²) in [6.07, 6.45) is 2.07. The summed E-state index contributed by atoms with van der Waals surface area (Å²) < 4.78 is 4.68. The number of esters is 1. The van der Waals surface area contributed by atoms with E-state index in [9.17, 15) is 14.4 Å². The van der Waals surface area contributed by atoms with Crippen molar-refractivity contribution in [2.75, 3.05) is 20.2 Å². The van der Waals surface area contributed by atoms with Crippen LogP contribution < -0.4 is 5.32 Å². The Morgan fingerprint density at radius 2 is 2.15 bits per heavy atom. The Morgan fingerprint density at radius 3 is 2.70 bits per heavy atom. The summed E-state index contributed by atoms with van der Waals surface area (Å²) in [5.74, 6) is -1.38. The van der Waals surface area contributed by atoms with Gasteiger partial charge < -0.3 is 20.1 Å². The van der Waals surface area contributed by atoms with Gasteiger partial charge in [0.05, 0.1) is 7.11 Å². The molecule has 7 heteroatoms. The molecule has 2 unspecified atom stereocenters. The van der Waals surface area contributed by atoms with Gasteiger partial charge in [0, 0.05) is 19.5 Å². The molecule has 0 aliphatic carbocycles. The Balaban J connectivity index is 2.49. The number of nitrogens with one attached hydrogen (secondary N) is 1. The van der Waals surface area contributed by atoms with Gasteiger partial charge >= 0.3 is 18.0 Å². The molecular formula is C13H22N2O5. The average Bonchev–Trinajstić information content (AvgIpc) is 2.91. The van der Waals surface area contributed by atoms with Crippen molar-refractivity contribution in [3.63, 3.8) is 0 Å². The van der Waals surface area contributed by atoms with Crippen LogP contribution in [0.4, 0.5) is 4.79 Å². The van der Waals surface area contributed by atoms with Gasteiger partial charge in [-0.1, -0.05) is 13.3 Å². The number of nitrogens with zero attached hydrogens (tertiary/aromatic N) is 1. The molecule has 2 amide bonds. The number of aliphatic carboxylic acids is 1. The minimum Gasteiger partial charge on any atom is -0.481 e. The number of methoxy groups -OCH3 is 1. The highest BCUT2D eigenvalue weighted by Gasteiger charge is 2.34. The molecule has 114 valence electrons. The van der Waals surface area contributed by atoms with Crippen molar-refractivity contribution in [1.29, 1.82) is 0 Å². The van der Waals surface area contributed by atoms with E-state index in [4.69, 9.17) is 5.11 Å². The third-order valence-electron chi connectivity index (χ3n) is 3.57. The first-order chi connectivity index (χ1) is 9.49. The van der Waals surface area contributed by atoms with Crippen LogP contribution in [0.25, 0.3) is 0 Å². The zero-order valence-electron chi connectivity index (χ0n) is 11.9. The number of rotatable bonds is 6. The lowest BCUT2D eigenvalue weighted by atomic mass is 10.0. The molecule has 7 nitrogen and oxygen atoms in total. The fraction of sp³-hybridized carbons (Fsp3) is 0.769. The smallest absolute Gasteiger partial charge is 0.328 e. The van der Waals surface area contributed by atoms with Crippen LogP contribution in [-0.2, 0) is 14.3 Å². The second-order valence-corrected chi connectivity index (χ2v) is 4.93. The van der Waals surface area contributed by atoms with E-state index in [2.05, 4.69) is 10.1 Å². The molecule has 0 aromatic carbocycles. The molecule has 1 fully saturated rings. The number of hydrogen-bond acceptors (Lipinski definition) is 4. The molecule has 20 heavy (non-hydrogen) atoms. The summed E-state index contributed by atoms with van der Waals surface area (Å²) in [4.78, 5) is 35.7. The van der Waals surface area contributed by atoms with Gasteiger partial charge in [-0.2, -0.15) is 0 Å². The van der Waals surface area contributed by atoms with Gasteiger partial charge in [-0.15, -0.1) is 0 Å². The molecule has 0 saturated carbocycles. The summed E-state index contributed by atoms with van der Waals surface area (Å²) in [6.45, 7) is 2.69. The molecular weight excluding hydrogens is 264 g/mol. The highest BCUT2D eigenvalue weighted by atomic mass is 16.5. The summed E-state index contributed by atoms with van der Waals surface area (Å²) >= 11 is 0. The summed E-state index contributed by atoms with van der Waals surface area (Å²) in [6, 6.07) is -0.860. The highest BCUT2D eigenvalue weighted by Crippen LogP contribution is 2.18. The molecule has 1 rings (SSSR count). The molecule has 0 aromatic heterocycles. The third-order valence-corrected chi connectivity index (χ3v) is 3.57. The maximum Gasteiger partial charge on any atom is 0.328 e. The third kappa shape index (κ3) is 4.40. The summed E-state index contributed by atoms with van der Waals surface area (Å²) in [5.41, 5.74) is 0. The number of hydrogen-bond donors (Lipinski definition) is 2. The maximum atomic E-state index is 12.0. The fourth-order valence-corrected chi connectivity index (χ4v) is 2.33. The molecule has 1 heterocycles. The van der Waals surface area contributed by atoms with Crippen LogP contribution >= 0.6 is 0 Å². The van der Waals surface area contributed by atoms with Crippen LogP contribution in [-0.4, -0.2) is 54.2 Å². The first-order valence-electron chi connectivity index (χ1n) is 6.83. The van der Waals surface area contributed by atoms with E-state index in [0.717, 1.165) is 6.42 Å². The standard InChI is InChI=1S/C13H22N2O5/c1-3-9(7-11(16)17)8-14-13(19)15-6-4-5-10(15)12(18)20-2/h9-10H,3-8H2,1-2H3,(H,14,19)(H,16,17). The monoisotopic (exact) mass is 286 g/mol. The number of carboxylic acids is 1. The lowest BCUT2D eigenvalue weighted by Crippen LogP contribution is -2.47. The Labute approximate surface area is 118 Å². The first-order valence-corrected chi connectivity index (χ1v) is 6.83. The van der Waals surface area contributed by atoms with Crippen LogP contribution in [0.3, 0.4) is 0 Å². The maximum absolute atomic E-state index is 12.0. The summed E-state index contributed by atoms with van der Waals surface area (Å²) in [5, 5.41) is 11.5. The van der Waals surface area contributed by atoms with Gasteiger partial charge in [0.25, 0.3) is 0 Å². The zero-order chi connectivity index (χ0) is 15.1. The molecule has 2 N–H and O–H groups in total. The molecule has 1 aliphatic heterocycles. The van der Waals surface area contributed by atoms with E-state index in [1.54, 1.807) is 0 Å². The van der Waals surface area contributed by atoms with E-state index in [1.165, 1.54) is 12.0 Å². The minimum absolute atomic E-state index is 0.0250. The van der Waals surface area contributed by atoms with Crippen LogP contribution in [0.2, 0.25) is 0 Å². The Hall–Kier alpha value is -1.79. The SMILES string of the molecule is CCC(CNC(=O)N1CCCC1C(=O)OC)CC(=O)O. The van der Waals surface area contributed by atoms with E-state index >= 15 is 0 Å². The minimum atomic E-state index is -0.875. The Bertz CT molecular complexity index is 372. The van der Waals surface area contributed by atoms with Gasteiger partial charge in [0.15, 0.2) is 0 Å².